The van der Waals surface area contributed by atoms with Crippen LogP contribution in [0.4, 0.5) is 11.6 Å². The minimum Gasteiger partial charge on any atom is -0.432 e. The number of nitrogens with zero attached hydrogens (tertiary/aromatic N) is 3. The SMILES string of the molecule is Nc1ncc([N+](=O)[O-])c(Oc2ccc(Br)cc2Cl)n1. The van der Waals surface area contributed by atoms with Gasteiger partial charge in [0.2, 0.25) is 5.95 Å². The number of ether oxygens (including phenoxy) is 1. The Balaban J connectivity index is 2.42. The number of benzene rings is 1. The lowest BCUT2D eigenvalue weighted by Crippen LogP contribution is -2.01. The number of hydrogen-bond donors (Lipinski definition) is 1. The number of halogens is 2. The summed E-state index contributed by atoms with van der Waals surface area (Å²) >= 11 is 9.19. The third kappa shape index (κ3) is 3.09. The molecular formula is C10H6BrClN4O3. The van der Waals surface area contributed by atoms with Crippen LogP contribution in [0.25, 0.3) is 0 Å². The summed E-state index contributed by atoms with van der Waals surface area (Å²) < 4.78 is 6.06. The molecule has 1 heterocycles. The van der Waals surface area contributed by atoms with Gasteiger partial charge in [-0.25, -0.2) is 4.98 Å². The molecule has 2 rings (SSSR count). The zero-order valence-electron chi connectivity index (χ0n) is 9.21. The number of aromatic nitrogens is 2. The van der Waals surface area contributed by atoms with E-state index in [2.05, 4.69) is 25.9 Å². The molecule has 0 saturated carbocycles. The first-order chi connectivity index (χ1) is 8.97. The smallest absolute Gasteiger partial charge is 0.349 e. The second-order valence-electron chi connectivity index (χ2n) is 3.35. The lowest BCUT2D eigenvalue weighted by molar-refractivity contribution is -0.386. The van der Waals surface area contributed by atoms with Gasteiger partial charge < -0.3 is 10.5 Å². The van der Waals surface area contributed by atoms with Crippen molar-refractivity contribution in [3.8, 4) is 11.6 Å². The van der Waals surface area contributed by atoms with Crippen LogP contribution in [0.3, 0.4) is 0 Å². The van der Waals surface area contributed by atoms with E-state index in [1.807, 2.05) is 0 Å². The molecule has 1 aromatic heterocycles. The van der Waals surface area contributed by atoms with E-state index in [0.29, 0.717) is 0 Å². The molecule has 19 heavy (non-hydrogen) atoms. The van der Waals surface area contributed by atoms with Crippen molar-refractivity contribution in [3.05, 3.63) is 44.0 Å². The number of anilines is 1. The molecule has 0 aliphatic carbocycles. The maximum absolute atomic E-state index is 10.8. The molecule has 0 unspecified atom stereocenters. The first kappa shape index (κ1) is 13.5. The van der Waals surface area contributed by atoms with E-state index in [0.717, 1.165) is 10.7 Å². The minimum atomic E-state index is -0.665. The topological polar surface area (TPSA) is 104 Å². The average molecular weight is 346 g/mol. The standard InChI is InChI=1S/C10H6BrClN4O3/c11-5-1-2-8(6(12)3-5)19-9-7(16(17)18)4-14-10(13)15-9/h1-4H,(H2,13,14,15). The fourth-order valence-electron chi connectivity index (χ4n) is 1.24. The van der Waals surface area contributed by atoms with Gasteiger partial charge in [-0.15, -0.1) is 0 Å². The molecule has 0 atom stereocenters. The molecule has 0 spiro atoms. The summed E-state index contributed by atoms with van der Waals surface area (Å²) in [6, 6.07) is 4.82. The zero-order chi connectivity index (χ0) is 14.0. The van der Waals surface area contributed by atoms with Crippen molar-refractivity contribution in [1.82, 2.24) is 9.97 Å². The Labute approximate surface area is 120 Å². The molecule has 0 aliphatic rings. The van der Waals surface area contributed by atoms with Crippen molar-refractivity contribution < 1.29 is 9.66 Å². The maximum atomic E-state index is 10.8. The van der Waals surface area contributed by atoms with Gasteiger partial charge in [0.15, 0.2) is 0 Å². The lowest BCUT2D eigenvalue weighted by Gasteiger charge is -2.07. The van der Waals surface area contributed by atoms with Crippen molar-refractivity contribution in [1.29, 1.82) is 0 Å². The summed E-state index contributed by atoms with van der Waals surface area (Å²) in [4.78, 5) is 17.4. The van der Waals surface area contributed by atoms with Gasteiger partial charge in [0.05, 0.1) is 9.95 Å². The highest BCUT2D eigenvalue weighted by molar-refractivity contribution is 9.10. The molecule has 0 fully saturated rings. The Morgan fingerprint density at radius 2 is 2.21 bits per heavy atom. The fraction of sp³-hybridized carbons (Fsp3) is 0. The van der Waals surface area contributed by atoms with Gasteiger partial charge in [-0.2, -0.15) is 4.98 Å². The monoisotopic (exact) mass is 344 g/mol. The van der Waals surface area contributed by atoms with Crippen LogP contribution in [0, 0.1) is 10.1 Å². The van der Waals surface area contributed by atoms with E-state index in [1.165, 1.54) is 0 Å². The van der Waals surface area contributed by atoms with E-state index in [9.17, 15) is 10.1 Å². The lowest BCUT2D eigenvalue weighted by atomic mass is 10.3. The van der Waals surface area contributed by atoms with Crippen molar-refractivity contribution in [3.63, 3.8) is 0 Å². The molecule has 0 bridgehead atoms. The van der Waals surface area contributed by atoms with Crippen molar-refractivity contribution >= 4 is 39.2 Å². The molecule has 7 nitrogen and oxygen atoms in total. The number of nitro groups is 1. The van der Waals surface area contributed by atoms with Gasteiger partial charge in [0, 0.05) is 4.47 Å². The Hall–Kier alpha value is -1.93. The highest BCUT2D eigenvalue weighted by Crippen LogP contribution is 2.34. The van der Waals surface area contributed by atoms with Crippen molar-refractivity contribution in [2.24, 2.45) is 0 Å². The number of rotatable bonds is 3. The van der Waals surface area contributed by atoms with Gasteiger partial charge in [-0.1, -0.05) is 27.5 Å². The molecule has 0 radical (unpaired) electrons. The highest BCUT2D eigenvalue weighted by atomic mass is 79.9. The summed E-state index contributed by atoms with van der Waals surface area (Å²) in [6.07, 6.45) is 0.977. The molecule has 1 aromatic carbocycles. The van der Waals surface area contributed by atoms with Crippen LogP contribution in [0.5, 0.6) is 11.6 Å². The molecule has 98 valence electrons. The summed E-state index contributed by atoms with van der Waals surface area (Å²) in [7, 11) is 0. The van der Waals surface area contributed by atoms with Gasteiger partial charge >= 0.3 is 11.6 Å². The fourth-order valence-corrected chi connectivity index (χ4v) is 1.95. The zero-order valence-corrected chi connectivity index (χ0v) is 11.6. The number of nitrogens with two attached hydrogens (primary N) is 1. The molecule has 2 aromatic rings. The molecular weight excluding hydrogens is 339 g/mol. The third-order valence-electron chi connectivity index (χ3n) is 2.05. The summed E-state index contributed by atoms with van der Waals surface area (Å²) in [5, 5.41) is 11.1. The van der Waals surface area contributed by atoms with Crippen LogP contribution in [-0.4, -0.2) is 14.9 Å². The average Bonchev–Trinajstić information content (AvgIpc) is 2.32. The third-order valence-corrected chi connectivity index (χ3v) is 2.84. The molecule has 0 aliphatic heterocycles. The Morgan fingerprint density at radius 1 is 1.47 bits per heavy atom. The quantitative estimate of drug-likeness (QED) is 0.676. The van der Waals surface area contributed by atoms with E-state index < -0.39 is 10.6 Å². The summed E-state index contributed by atoms with van der Waals surface area (Å²) in [5.41, 5.74) is 4.98. The summed E-state index contributed by atoms with van der Waals surface area (Å²) in [5.74, 6) is -0.165. The van der Waals surface area contributed by atoms with E-state index in [-0.39, 0.29) is 22.6 Å². The highest BCUT2D eigenvalue weighted by Gasteiger charge is 2.20. The van der Waals surface area contributed by atoms with Gasteiger partial charge in [-0.3, -0.25) is 10.1 Å². The number of nitrogen functional groups attached to an aromatic ring is 1. The van der Waals surface area contributed by atoms with E-state index >= 15 is 0 Å². The minimum absolute atomic E-state index is 0.131. The van der Waals surface area contributed by atoms with Crippen LogP contribution < -0.4 is 10.5 Å². The second-order valence-corrected chi connectivity index (χ2v) is 4.68. The van der Waals surface area contributed by atoms with Crippen molar-refractivity contribution in [2.75, 3.05) is 5.73 Å². The van der Waals surface area contributed by atoms with Gasteiger partial charge in [0.1, 0.15) is 11.9 Å². The molecule has 9 heteroatoms. The van der Waals surface area contributed by atoms with Gasteiger partial charge in [-0.05, 0) is 18.2 Å². The summed E-state index contributed by atoms with van der Waals surface area (Å²) in [6.45, 7) is 0. The second kappa shape index (κ2) is 5.37. The largest absolute Gasteiger partial charge is 0.432 e. The molecule has 0 amide bonds. The van der Waals surface area contributed by atoms with Crippen LogP contribution in [0.15, 0.2) is 28.9 Å². The van der Waals surface area contributed by atoms with Crippen LogP contribution in [0.1, 0.15) is 0 Å². The van der Waals surface area contributed by atoms with Crippen molar-refractivity contribution in [2.45, 2.75) is 0 Å². The van der Waals surface area contributed by atoms with Crippen LogP contribution >= 0.6 is 27.5 Å². The van der Waals surface area contributed by atoms with E-state index in [4.69, 9.17) is 22.1 Å². The predicted molar refractivity (Wildman–Crippen MR) is 72.3 cm³/mol. The van der Waals surface area contributed by atoms with Gasteiger partial charge in [0.25, 0.3) is 0 Å². The first-order valence-electron chi connectivity index (χ1n) is 4.87. The Kier molecular flexibility index (Phi) is 3.82. The Morgan fingerprint density at radius 3 is 2.84 bits per heavy atom. The first-order valence-corrected chi connectivity index (χ1v) is 6.04. The maximum Gasteiger partial charge on any atom is 0.349 e. The van der Waals surface area contributed by atoms with Crippen LogP contribution in [-0.2, 0) is 0 Å². The number of hydrogen-bond acceptors (Lipinski definition) is 6. The predicted octanol–water partition coefficient (Wildman–Crippen LogP) is 3.18. The molecule has 0 saturated heterocycles. The van der Waals surface area contributed by atoms with Crippen LogP contribution in [0.2, 0.25) is 5.02 Å². The Bertz CT molecular complexity index is 653. The normalized spacial score (nSPS) is 10.2. The van der Waals surface area contributed by atoms with E-state index in [1.54, 1.807) is 18.2 Å². The molecule has 2 N–H and O–H groups in total.